The Balaban J connectivity index is 2.35. The quantitative estimate of drug-likeness (QED) is 0.911. The molecule has 1 aliphatic heterocycles. The summed E-state index contributed by atoms with van der Waals surface area (Å²) in [6.45, 7) is 2.51. The third kappa shape index (κ3) is 2.49. The van der Waals surface area contributed by atoms with Crippen LogP contribution in [0.4, 0.5) is 5.69 Å². The molecule has 1 atom stereocenters. The molecule has 1 aromatic carbocycles. The highest BCUT2D eigenvalue weighted by Crippen LogP contribution is 2.35. The van der Waals surface area contributed by atoms with Gasteiger partial charge in [0.25, 0.3) is 0 Å². The lowest BCUT2D eigenvalue weighted by Crippen LogP contribution is -2.25. The summed E-state index contributed by atoms with van der Waals surface area (Å²) in [6.07, 6.45) is 0.397. The second-order valence-electron chi connectivity index (χ2n) is 4.31. The number of amides is 1. The fourth-order valence-electron chi connectivity index (χ4n) is 1.98. The van der Waals surface area contributed by atoms with Gasteiger partial charge in [0.15, 0.2) is 0 Å². The van der Waals surface area contributed by atoms with Crippen molar-refractivity contribution in [1.29, 1.82) is 0 Å². The van der Waals surface area contributed by atoms with Gasteiger partial charge in [0, 0.05) is 35.0 Å². The lowest BCUT2D eigenvalue weighted by atomic mass is 10.1. The van der Waals surface area contributed by atoms with Crippen molar-refractivity contribution < 1.29 is 9.90 Å². The SMILES string of the molecule is Cc1cc(Br)c(N2CC(CO)CC2=O)cc1Cl. The molecule has 0 saturated carbocycles. The summed E-state index contributed by atoms with van der Waals surface area (Å²) in [5, 5.41) is 9.74. The Labute approximate surface area is 114 Å². The zero-order valence-corrected chi connectivity index (χ0v) is 11.8. The standard InChI is InChI=1S/C12H13BrClNO2/c1-7-2-9(13)11(4-10(7)14)15-5-8(6-16)3-12(15)17/h2,4,8,16H,3,5-6H2,1H3. The van der Waals surface area contributed by atoms with Crippen LogP contribution in [0.1, 0.15) is 12.0 Å². The highest BCUT2D eigenvalue weighted by atomic mass is 79.9. The number of aliphatic hydroxyl groups excluding tert-OH is 1. The minimum absolute atomic E-state index is 0.0227. The van der Waals surface area contributed by atoms with Gasteiger partial charge < -0.3 is 10.0 Å². The third-order valence-corrected chi connectivity index (χ3v) is 4.02. The Bertz CT molecular complexity index is 464. The Morgan fingerprint density at radius 1 is 1.59 bits per heavy atom. The minimum atomic E-state index is 0.0227. The molecule has 1 heterocycles. The highest BCUT2D eigenvalue weighted by molar-refractivity contribution is 9.10. The summed E-state index contributed by atoms with van der Waals surface area (Å²) in [7, 11) is 0. The summed E-state index contributed by atoms with van der Waals surface area (Å²) < 4.78 is 0.853. The van der Waals surface area contributed by atoms with Crippen molar-refractivity contribution in [2.45, 2.75) is 13.3 Å². The normalized spacial score (nSPS) is 20.1. The second-order valence-corrected chi connectivity index (χ2v) is 5.57. The van der Waals surface area contributed by atoms with E-state index >= 15 is 0 Å². The van der Waals surface area contributed by atoms with E-state index in [0.717, 1.165) is 15.7 Å². The molecule has 1 aromatic rings. The summed E-state index contributed by atoms with van der Waals surface area (Å²) in [6, 6.07) is 3.69. The molecule has 1 fully saturated rings. The van der Waals surface area contributed by atoms with E-state index in [1.807, 2.05) is 13.0 Å². The smallest absolute Gasteiger partial charge is 0.227 e. The molecule has 0 aromatic heterocycles. The van der Waals surface area contributed by atoms with E-state index in [4.69, 9.17) is 16.7 Å². The number of aryl methyl sites for hydroxylation is 1. The molecule has 17 heavy (non-hydrogen) atoms. The van der Waals surface area contributed by atoms with Gasteiger partial charge in [-0.15, -0.1) is 0 Å². The molecule has 1 N–H and O–H groups in total. The summed E-state index contributed by atoms with van der Waals surface area (Å²) in [5.74, 6) is 0.0548. The number of hydrogen-bond donors (Lipinski definition) is 1. The summed E-state index contributed by atoms with van der Waals surface area (Å²) in [5.41, 5.74) is 1.74. The molecule has 1 unspecified atom stereocenters. The van der Waals surface area contributed by atoms with Crippen molar-refractivity contribution >= 4 is 39.1 Å². The van der Waals surface area contributed by atoms with E-state index in [1.54, 1.807) is 11.0 Å². The zero-order valence-electron chi connectivity index (χ0n) is 9.41. The molecule has 0 bridgehead atoms. The molecular weight excluding hydrogens is 305 g/mol. The average Bonchev–Trinajstić information content (AvgIpc) is 2.65. The van der Waals surface area contributed by atoms with Gasteiger partial charge in [-0.05, 0) is 40.5 Å². The van der Waals surface area contributed by atoms with Gasteiger partial charge in [0.05, 0.1) is 5.69 Å². The maximum atomic E-state index is 11.8. The number of benzene rings is 1. The van der Waals surface area contributed by atoms with Crippen LogP contribution in [0.25, 0.3) is 0 Å². The largest absolute Gasteiger partial charge is 0.396 e. The van der Waals surface area contributed by atoms with Gasteiger partial charge in [-0.3, -0.25) is 4.79 Å². The Hall–Kier alpha value is -0.580. The third-order valence-electron chi connectivity index (χ3n) is 2.98. The Morgan fingerprint density at radius 2 is 2.29 bits per heavy atom. The van der Waals surface area contributed by atoms with Crippen LogP contribution >= 0.6 is 27.5 Å². The van der Waals surface area contributed by atoms with Gasteiger partial charge in [0.1, 0.15) is 0 Å². The van der Waals surface area contributed by atoms with E-state index in [-0.39, 0.29) is 18.4 Å². The topological polar surface area (TPSA) is 40.5 Å². The second kappa shape index (κ2) is 4.96. The number of carbonyl (C=O) groups excluding carboxylic acids is 1. The first kappa shape index (κ1) is 12.9. The van der Waals surface area contributed by atoms with Crippen molar-refractivity contribution in [3.63, 3.8) is 0 Å². The summed E-state index contributed by atoms with van der Waals surface area (Å²) in [4.78, 5) is 13.5. The lowest BCUT2D eigenvalue weighted by Gasteiger charge is -2.19. The number of aliphatic hydroxyl groups is 1. The molecule has 1 aliphatic rings. The highest BCUT2D eigenvalue weighted by Gasteiger charge is 2.31. The number of hydrogen-bond acceptors (Lipinski definition) is 2. The molecule has 5 heteroatoms. The van der Waals surface area contributed by atoms with Crippen LogP contribution in [0.15, 0.2) is 16.6 Å². The maximum Gasteiger partial charge on any atom is 0.227 e. The fourth-order valence-corrected chi connectivity index (χ4v) is 2.81. The summed E-state index contributed by atoms with van der Waals surface area (Å²) >= 11 is 9.52. The van der Waals surface area contributed by atoms with Crippen LogP contribution in [-0.2, 0) is 4.79 Å². The number of carbonyl (C=O) groups is 1. The van der Waals surface area contributed by atoms with Crippen molar-refractivity contribution in [2.24, 2.45) is 5.92 Å². The van der Waals surface area contributed by atoms with Crippen LogP contribution in [0.2, 0.25) is 5.02 Å². The predicted octanol–water partition coefficient (Wildman–Crippen LogP) is 2.76. The average molecular weight is 319 g/mol. The minimum Gasteiger partial charge on any atom is -0.396 e. The lowest BCUT2D eigenvalue weighted by molar-refractivity contribution is -0.117. The first-order valence-corrected chi connectivity index (χ1v) is 6.57. The van der Waals surface area contributed by atoms with Crippen LogP contribution in [0, 0.1) is 12.8 Å². The first-order chi connectivity index (χ1) is 8.02. The maximum absolute atomic E-state index is 11.8. The number of rotatable bonds is 2. The van der Waals surface area contributed by atoms with Gasteiger partial charge >= 0.3 is 0 Å². The Kier molecular flexibility index (Phi) is 3.76. The van der Waals surface area contributed by atoms with Crippen molar-refractivity contribution in [3.05, 3.63) is 27.2 Å². The van der Waals surface area contributed by atoms with Gasteiger partial charge in [-0.25, -0.2) is 0 Å². The van der Waals surface area contributed by atoms with Gasteiger partial charge in [-0.2, -0.15) is 0 Å². The molecular formula is C12H13BrClNO2. The van der Waals surface area contributed by atoms with Gasteiger partial charge in [0.2, 0.25) is 5.91 Å². The molecule has 3 nitrogen and oxygen atoms in total. The van der Waals surface area contributed by atoms with Crippen molar-refractivity contribution in [1.82, 2.24) is 0 Å². The molecule has 0 spiro atoms. The van der Waals surface area contributed by atoms with E-state index < -0.39 is 0 Å². The monoisotopic (exact) mass is 317 g/mol. The predicted molar refractivity (Wildman–Crippen MR) is 71.4 cm³/mol. The van der Waals surface area contributed by atoms with Crippen LogP contribution in [-0.4, -0.2) is 24.2 Å². The molecule has 92 valence electrons. The molecule has 1 saturated heterocycles. The zero-order chi connectivity index (χ0) is 12.6. The van der Waals surface area contributed by atoms with Crippen LogP contribution in [0.3, 0.4) is 0 Å². The van der Waals surface area contributed by atoms with Gasteiger partial charge in [-0.1, -0.05) is 11.6 Å². The molecule has 2 rings (SSSR count). The van der Waals surface area contributed by atoms with Crippen LogP contribution in [0.5, 0.6) is 0 Å². The van der Waals surface area contributed by atoms with Crippen LogP contribution < -0.4 is 4.90 Å². The first-order valence-electron chi connectivity index (χ1n) is 5.39. The fraction of sp³-hybridized carbons (Fsp3) is 0.417. The van der Waals surface area contributed by atoms with E-state index in [1.165, 1.54) is 0 Å². The number of halogens is 2. The van der Waals surface area contributed by atoms with E-state index in [9.17, 15) is 4.79 Å². The molecule has 1 amide bonds. The number of nitrogens with zero attached hydrogens (tertiary/aromatic N) is 1. The van der Waals surface area contributed by atoms with Crippen molar-refractivity contribution in [3.8, 4) is 0 Å². The van der Waals surface area contributed by atoms with Crippen molar-refractivity contribution in [2.75, 3.05) is 18.1 Å². The van der Waals surface area contributed by atoms with E-state index in [2.05, 4.69) is 15.9 Å². The Morgan fingerprint density at radius 3 is 2.88 bits per heavy atom. The molecule has 0 aliphatic carbocycles. The van der Waals surface area contributed by atoms with E-state index in [0.29, 0.717) is 18.0 Å². The number of anilines is 1. The molecule has 0 radical (unpaired) electrons.